The minimum absolute atomic E-state index is 0.0853. The largest absolute Gasteiger partial charge is 0.573 e. The third kappa shape index (κ3) is 6.22. The minimum atomic E-state index is -4.82. The highest BCUT2D eigenvalue weighted by Gasteiger charge is 2.54. The Kier molecular flexibility index (Phi) is 8.35. The summed E-state index contributed by atoms with van der Waals surface area (Å²) in [6.07, 6.45) is -0.334. The zero-order valence-electron chi connectivity index (χ0n) is 26.1. The number of ether oxygens (including phenoxy) is 1. The molecule has 1 saturated carbocycles. The molecule has 2 aromatic rings. The molecule has 1 aliphatic carbocycles. The first kappa shape index (κ1) is 32.9. The first-order valence-electron chi connectivity index (χ1n) is 15.6. The van der Waals surface area contributed by atoms with Crippen molar-refractivity contribution in [2.24, 2.45) is 4.99 Å². The van der Waals surface area contributed by atoms with Crippen LogP contribution in [0.25, 0.3) is 0 Å². The monoisotopic (exact) mass is 675 g/mol. The van der Waals surface area contributed by atoms with E-state index >= 15 is 0 Å². The molecule has 0 unspecified atom stereocenters. The number of anilines is 1. The maximum absolute atomic E-state index is 13.4. The average molecular weight is 676 g/mol. The van der Waals surface area contributed by atoms with Crippen molar-refractivity contribution in [1.82, 2.24) is 14.9 Å². The lowest BCUT2D eigenvalue weighted by atomic mass is 9.80. The molecule has 2 aromatic carbocycles. The summed E-state index contributed by atoms with van der Waals surface area (Å²) >= 11 is 0. The normalized spacial score (nSPS) is 21.3. The van der Waals surface area contributed by atoms with Gasteiger partial charge in [-0.1, -0.05) is 19.3 Å². The molecule has 6 rings (SSSR count). The van der Waals surface area contributed by atoms with Gasteiger partial charge in [-0.25, -0.2) is 17.5 Å². The number of sulfonamides is 1. The van der Waals surface area contributed by atoms with Crippen molar-refractivity contribution in [1.29, 1.82) is 0 Å². The minimum Gasteiger partial charge on any atom is -0.406 e. The second kappa shape index (κ2) is 11.9. The van der Waals surface area contributed by atoms with Crippen LogP contribution in [0.1, 0.15) is 67.2 Å². The zero-order valence-corrected chi connectivity index (χ0v) is 26.9. The number of aliphatic imine (C=N–C) groups is 1. The number of carbonyl (C=O) groups excluding carboxylic acids is 3. The van der Waals surface area contributed by atoms with E-state index in [1.165, 1.54) is 16.4 Å². The van der Waals surface area contributed by atoms with Gasteiger partial charge in [0.15, 0.2) is 0 Å². The lowest BCUT2D eigenvalue weighted by molar-refractivity contribution is -0.274. The van der Waals surface area contributed by atoms with Gasteiger partial charge in [0.25, 0.3) is 11.8 Å². The van der Waals surface area contributed by atoms with E-state index in [4.69, 9.17) is 0 Å². The first-order chi connectivity index (χ1) is 22.1. The summed E-state index contributed by atoms with van der Waals surface area (Å²) < 4.78 is 69.6. The van der Waals surface area contributed by atoms with Crippen LogP contribution in [0.15, 0.2) is 41.4 Å². The summed E-state index contributed by atoms with van der Waals surface area (Å²) in [5.41, 5.74) is 1.49. The van der Waals surface area contributed by atoms with E-state index in [9.17, 15) is 36.0 Å². The van der Waals surface area contributed by atoms with E-state index in [2.05, 4.69) is 20.4 Å². The van der Waals surface area contributed by atoms with Crippen LogP contribution in [0.4, 0.5) is 23.7 Å². The Morgan fingerprint density at radius 3 is 2.11 bits per heavy atom. The highest BCUT2D eigenvalue weighted by atomic mass is 32.2. The van der Waals surface area contributed by atoms with E-state index < -0.39 is 39.2 Å². The van der Waals surface area contributed by atoms with Gasteiger partial charge in [-0.05, 0) is 99.0 Å². The molecule has 0 bridgehead atoms. The third-order valence-corrected chi connectivity index (χ3v) is 11.7. The number of aryl methyl sites for hydroxylation is 2. The summed E-state index contributed by atoms with van der Waals surface area (Å²) in [5, 5.41) is 5.19. The number of alkyl halides is 3. The number of amides is 4. The molecule has 2 saturated heterocycles. The van der Waals surface area contributed by atoms with Gasteiger partial charge in [-0.2, -0.15) is 0 Å². The predicted molar refractivity (Wildman–Crippen MR) is 167 cm³/mol. The van der Waals surface area contributed by atoms with Crippen LogP contribution in [0, 0.1) is 13.8 Å². The molecule has 0 atom stereocenters. The standard InChI is InChI=1S/C32H36F3N5O6S/c1-20-18-23(40-29(43)37-28(42)31(40)11-4-3-5-12-31)19-21(2)25(20)10-17-47(44,45)39-15-13-30(14-16-39)27(41)36-26(38-30)22-6-8-24(9-7-22)46-32(33,34)35/h6-9,18-19H,3-5,10-17H2,1-2H3,(H,36,38,41)(H,37,42,43). The molecule has 3 aliphatic heterocycles. The van der Waals surface area contributed by atoms with Crippen LogP contribution in [-0.4, -0.2) is 72.7 Å². The number of halogens is 3. The smallest absolute Gasteiger partial charge is 0.406 e. The number of rotatable bonds is 7. The van der Waals surface area contributed by atoms with Crippen molar-refractivity contribution >= 4 is 39.4 Å². The average Bonchev–Trinajstić information content (AvgIpc) is 3.43. The fraction of sp³-hybridized carbons (Fsp3) is 0.500. The molecular weight excluding hydrogens is 639 g/mol. The molecule has 47 heavy (non-hydrogen) atoms. The van der Waals surface area contributed by atoms with Gasteiger partial charge in [0, 0.05) is 24.3 Å². The maximum atomic E-state index is 13.4. The summed E-state index contributed by atoms with van der Waals surface area (Å²) in [7, 11) is -3.70. The van der Waals surface area contributed by atoms with Gasteiger partial charge in [-0.3, -0.25) is 24.8 Å². The summed E-state index contributed by atoms with van der Waals surface area (Å²) in [5.74, 6) is -0.981. The van der Waals surface area contributed by atoms with E-state index in [1.54, 1.807) is 4.90 Å². The van der Waals surface area contributed by atoms with Crippen molar-refractivity contribution in [3.05, 3.63) is 58.7 Å². The van der Waals surface area contributed by atoms with Gasteiger partial charge < -0.3 is 10.1 Å². The van der Waals surface area contributed by atoms with Crippen LogP contribution in [0.5, 0.6) is 5.75 Å². The first-order valence-corrected chi connectivity index (χ1v) is 17.2. The van der Waals surface area contributed by atoms with Crippen molar-refractivity contribution in [3.8, 4) is 5.75 Å². The highest BCUT2D eigenvalue weighted by Crippen LogP contribution is 2.41. The van der Waals surface area contributed by atoms with Gasteiger partial charge in [0.1, 0.15) is 22.7 Å². The molecule has 252 valence electrons. The van der Waals surface area contributed by atoms with Gasteiger partial charge in [0.05, 0.1) is 5.75 Å². The number of imide groups is 1. The Morgan fingerprint density at radius 2 is 1.51 bits per heavy atom. The number of hydrogen-bond donors (Lipinski definition) is 2. The third-order valence-electron chi connectivity index (χ3n) is 9.79. The van der Waals surface area contributed by atoms with Crippen LogP contribution >= 0.6 is 0 Å². The SMILES string of the molecule is Cc1cc(N2C(=O)NC(=O)C23CCCCC3)cc(C)c1CCS(=O)(=O)N1CCC2(CC1)N=C(c1ccc(OC(F)(F)F)cc1)NC2=O. The topological polar surface area (TPSA) is 137 Å². The number of nitrogens with one attached hydrogen (secondary N) is 2. The molecule has 0 radical (unpaired) electrons. The molecule has 15 heteroatoms. The number of nitrogens with zero attached hydrogens (tertiary/aromatic N) is 3. The fourth-order valence-corrected chi connectivity index (χ4v) is 8.77. The highest BCUT2D eigenvalue weighted by molar-refractivity contribution is 7.89. The molecule has 11 nitrogen and oxygen atoms in total. The molecule has 0 aromatic heterocycles. The number of urea groups is 1. The molecule has 3 heterocycles. The number of piperidine rings is 1. The second-order valence-corrected chi connectivity index (χ2v) is 14.8. The lowest BCUT2D eigenvalue weighted by Gasteiger charge is -2.38. The quantitative estimate of drug-likeness (QED) is 0.422. The van der Waals surface area contributed by atoms with E-state index in [0.717, 1.165) is 48.1 Å². The van der Waals surface area contributed by atoms with E-state index in [1.807, 2.05) is 26.0 Å². The van der Waals surface area contributed by atoms with Crippen LogP contribution in [-0.2, 0) is 26.0 Å². The summed E-state index contributed by atoms with van der Waals surface area (Å²) in [4.78, 5) is 44.9. The van der Waals surface area contributed by atoms with Gasteiger partial charge in [-0.15, -0.1) is 13.2 Å². The number of hydrogen-bond acceptors (Lipinski definition) is 7. The lowest BCUT2D eigenvalue weighted by Crippen LogP contribution is -2.51. The van der Waals surface area contributed by atoms with E-state index in [0.29, 0.717) is 24.1 Å². The number of amidine groups is 1. The van der Waals surface area contributed by atoms with Crippen LogP contribution < -0.4 is 20.3 Å². The second-order valence-electron chi connectivity index (χ2n) is 12.7. The molecular formula is C32H36F3N5O6S. The Balaban J connectivity index is 1.11. The molecule has 4 amide bonds. The van der Waals surface area contributed by atoms with Crippen LogP contribution in [0.3, 0.4) is 0 Å². The Morgan fingerprint density at radius 1 is 0.894 bits per heavy atom. The van der Waals surface area contributed by atoms with Crippen molar-refractivity contribution in [3.63, 3.8) is 0 Å². The number of benzene rings is 2. The van der Waals surface area contributed by atoms with E-state index in [-0.39, 0.29) is 55.8 Å². The molecule has 2 N–H and O–H groups in total. The molecule has 4 aliphatic rings. The maximum Gasteiger partial charge on any atom is 0.573 e. The zero-order chi connectivity index (χ0) is 33.8. The Bertz CT molecular complexity index is 1720. The van der Waals surface area contributed by atoms with Gasteiger partial charge >= 0.3 is 12.4 Å². The van der Waals surface area contributed by atoms with Gasteiger partial charge in [0.2, 0.25) is 10.0 Å². The Hall–Kier alpha value is -3.98. The Labute approximate surface area is 270 Å². The van der Waals surface area contributed by atoms with Crippen molar-refractivity contribution in [2.75, 3.05) is 23.7 Å². The van der Waals surface area contributed by atoms with Crippen molar-refractivity contribution in [2.45, 2.75) is 82.7 Å². The fourth-order valence-electron chi connectivity index (χ4n) is 7.31. The molecule has 2 spiro atoms. The predicted octanol–water partition coefficient (Wildman–Crippen LogP) is 4.24. The summed E-state index contributed by atoms with van der Waals surface area (Å²) in [6, 6.07) is 8.25. The van der Waals surface area contributed by atoms with Crippen LogP contribution in [0.2, 0.25) is 0 Å². The number of carbonyl (C=O) groups is 3. The molecule has 3 fully saturated rings. The summed E-state index contributed by atoms with van der Waals surface area (Å²) in [6.45, 7) is 3.92. The van der Waals surface area contributed by atoms with Crippen molar-refractivity contribution < 1.29 is 40.7 Å².